The number of ketones is 1. The van der Waals surface area contributed by atoms with E-state index in [-0.39, 0.29) is 22.7 Å². The van der Waals surface area contributed by atoms with Crippen molar-refractivity contribution >= 4 is 22.7 Å². The maximum absolute atomic E-state index is 14.9. The van der Waals surface area contributed by atoms with Crippen LogP contribution >= 0.6 is 0 Å². The molecule has 194 valence electrons. The van der Waals surface area contributed by atoms with Gasteiger partial charge in [-0.2, -0.15) is 0 Å². The van der Waals surface area contributed by atoms with Gasteiger partial charge < -0.3 is 9.73 Å². The molecule has 0 saturated heterocycles. The van der Waals surface area contributed by atoms with E-state index in [9.17, 15) is 14.0 Å². The number of halogens is 1. The Morgan fingerprint density at radius 2 is 1.74 bits per heavy atom. The van der Waals surface area contributed by atoms with Gasteiger partial charge in [-0.15, -0.1) is 0 Å². The molecule has 1 aromatic heterocycles. The van der Waals surface area contributed by atoms with Crippen molar-refractivity contribution in [1.82, 2.24) is 5.32 Å². The van der Waals surface area contributed by atoms with Crippen LogP contribution in [-0.2, 0) is 6.42 Å². The van der Waals surface area contributed by atoms with Crippen molar-refractivity contribution in [3.05, 3.63) is 82.7 Å². The summed E-state index contributed by atoms with van der Waals surface area (Å²) in [6.45, 7) is 4.12. The lowest BCUT2D eigenvalue weighted by Gasteiger charge is -2.62. The molecule has 3 saturated carbocycles. The number of aryl methyl sites for hydroxylation is 2. The maximum atomic E-state index is 14.9. The second-order valence-electron chi connectivity index (χ2n) is 11.3. The second-order valence-corrected chi connectivity index (χ2v) is 11.3. The Morgan fingerprint density at radius 1 is 1.03 bits per heavy atom. The smallest absolute Gasteiger partial charge is 0.255 e. The maximum Gasteiger partial charge on any atom is 0.255 e. The average Bonchev–Trinajstić information content (AvgIpc) is 3.23. The molecule has 3 aliphatic carbocycles. The number of furan rings is 1. The van der Waals surface area contributed by atoms with Crippen LogP contribution in [0.5, 0.6) is 0 Å². The van der Waals surface area contributed by atoms with E-state index < -0.39 is 5.82 Å². The highest BCUT2D eigenvalue weighted by molar-refractivity contribution is 6.12. The van der Waals surface area contributed by atoms with Crippen LogP contribution in [0.4, 0.5) is 4.39 Å². The monoisotopic (exact) mass is 509 g/mol. The van der Waals surface area contributed by atoms with E-state index in [1.165, 1.54) is 6.07 Å². The van der Waals surface area contributed by atoms with Gasteiger partial charge in [0.05, 0.1) is 11.1 Å². The van der Waals surface area contributed by atoms with E-state index in [2.05, 4.69) is 12.2 Å². The lowest BCUT2D eigenvalue weighted by atomic mass is 9.43. The Kier molecular flexibility index (Phi) is 5.97. The van der Waals surface area contributed by atoms with Crippen LogP contribution in [0.15, 0.2) is 59.0 Å². The van der Waals surface area contributed by atoms with Gasteiger partial charge in [-0.05, 0) is 84.9 Å². The fourth-order valence-electron chi connectivity index (χ4n) is 6.41. The van der Waals surface area contributed by atoms with Gasteiger partial charge in [0.1, 0.15) is 17.2 Å². The third-order valence-corrected chi connectivity index (χ3v) is 8.48. The summed E-state index contributed by atoms with van der Waals surface area (Å²) >= 11 is 0. The zero-order chi connectivity index (χ0) is 26.6. The summed E-state index contributed by atoms with van der Waals surface area (Å²) in [5.74, 6) is 0.474. The highest BCUT2D eigenvalue weighted by atomic mass is 19.1. The minimum atomic E-state index is -0.473. The van der Waals surface area contributed by atoms with Crippen LogP contribution in [0.25, 0.3) is 33.4 Å². The first-order valence-electron chi connectivity index (χ1n) is 13.5. The lowest BCUT2D eigenvalue weighted by molar-refractivity contribution is -0.103. The Morgan fingerprint density at radius 3 is 2.37 bits per heavy atom. The standard InChI is InChI=1S/C33H32FNO3/c1-4-5-22-13-29-26(30(32(37)35-3)31(38-29)21-8-6-19(2)7-9-21)14-24(22)23-10-11-27(34)25(12-23)28(36)18-33-15-20(16-33)17-33/h6-14,20H,4-5,15-18H2,1-3H3,(H,35,37). The molecule has 3 aliphatic rings. The predicted octanol–water partition coefficient (Wildman–Crippen LogP) is 7.90. The molecule has 7 rings (SSSR count). The Hall–Kier alpha value is -3.73. The molecular formula is C33H32FNO3. The molecule has 0 radical (unpaired) electrons. The van der Waals surface area contributed by atoms with Crippen LogP contribution in [0.3, 0.4) is 0 Å². The number of fused-ring (bicyclic) bond motifs is 1. The molecule has 0 spiro atoms. The number of hydrogen-bond donors (Lipinski definition) is 1. The van der Waals surface area contributed by atoms with E-state index in [1.54, 1.807) is 19.2 Å². The molecule has 1 N–H and O–H groups in total. The van der Waals surface area contributed by atoms with E-state index in [0.29, 0.717) is 28.7 Å². The van der Waals surface area contributed by atoms with Gasteiger partial charge in [0.2, 0.25) is 0 Å². The van der Waals surface area contributed by atoms with E-state index in [1.807, 2.05) is 43.3 Å². The number of nitrogens with one attached hydrogen (secondary N) is 1. The fraction of sp³-hybridized carbons (Fsp3) is 0.333. The van der Waals surface area contributed by atoms with Crippen LogP contribution in [0.2, 0.25) is 0 Å². The molecule has 0 aliphatic heterocycles. The molecule has 5 heteroatoms. The summed E-state index contributed by atoms with van der Waals surface area (Å²) in [5.41, 5.74) is 6.03. The van der Waals surface area contributed by atoms with Gasteiger partial charge in [0.15, 0.2) is 5.78 Å². The Bertz CT molecular complexity index is 1560. The van der Waals surface area contributed by atoms with E-state index >= 15 is 0 Å². The van der Waals surface area contributed by atoms with Crippen LogP contribution in [0.1, 0.15) is 70.9 Å². The predicted molar refractivity (Wildman–Crippen MR) is 148 cm³/mol. The first-order valence-corrected chi connectivity index (χ1v) is 13.5. The van der Waals surface area contributed by atoms with Crippen LogP contribution in [-0.4, -0.2) is 18.7 Å². The van der Waals surface area contributed by atoms with Gasteiger partial charge >= 0.3 is 0 Å². The first-order chi connectivity index (χ1) is 18.3. The van der Waals surface area contributed by atoms with E-state index in [0.717, 1.165) is 65.8 Å². The third-order valence-electron chi connectivity index (χ3n) is 8.48. The zero-order valence-electron chi connectivity index (χ0n) is 22.1. The average molecular weight is 510 g/mol. The highest BCUT2D eigenvalue weighted by Crippen LogP contribution is 2.66. The van der Waals surface area contributed by atoms with Gasteiger partial charge in [-0.1, -0.05) is 49.2 Å². The molecular weight excluding hydrogens is 477 g/mol. The van der Waals surface area contributed by atoms with Gasteiger partial charge in [-0.3, -0.25) is 9.59 Å². The molecule has 2 bridgehead atoms. The second kappa shape index (κ2) is 9.23. The van der Waals surface area contributed by atoms with Crippen molar-refractivity contribution < 1.29 is 18.4 Å². The largest absolute Gasteiger partial charge is 0.455 e. The van der Waals surface area contributed by atoms with Gasteiger partial charge in [0.25, 0.3) is 5.91 Å². The summed E-state index contributed by atoms with van der Waals surface area (Å²) < 4.78 is 21.2. The molecule has 1 amide bonds. The highest BCUT2D eigenvalue weighted by Gasteiger charge is 2.57. The van der Waals surface area contributed by atoms with E-state index in [4.69, 9.17) is 4.42 Å². The number of carbonyl (C=O) groups is 2. The molecule has 3 aromatic carbocycles. The van der Waals surface area contributed by atoms with Crippen molar-refractivity contribution in [1.29, 1.82) is 0 Å². The molecule has 1 heterocycles. The topological polar surface area (TPSA) is 59.3 Å². The molecule has 0 atom stereocenters. The minimum absolute atomic E-state index is 0.113. The molecule has 3 fully saturated rings. The van der Waals surface area contributed by atoms with Crippen molar-refractivity contribution in [2.45, 2.75) is 52.4 Å². The van der Waals surface area contributed by atoms with Crippen LogP contribution in [0, 0.1) is 24.1 Å². The van der Waals surface area contributed by atoms with Gasteiger partial charge in [0, 0.05) is 24.4 Å². The molecule has 4 aromatic rings. The number of carbonyl (C=O) groups excluding carboxylic acids is 2. The van der Waals surface area contributed by atoms with Crippen molar-refractivity contribution in [3.63, 3.8) is 0 Å². The summed E-state index contributed by atoms with van der Waals surface area (Å²) in [7, 11) is 1.61. The third kappa shape index (κ3) is 4.05. The molecule has 0 unspecified atom stereocenters. The zero-order valence-corrected chi connectivity index (χ0v) is 22.1. The summed E-state index contributed by atoms with van der Waals surface area (Å²) in [6.07, 6.45) is 5.42. The first kappa shape index (κ1) is 24.6. The minimum Gasteiger partial charge on any atom is -0.455 e. The summed E-state index contributed by atoms with van der Waals surface area (Å²) in [6, 6.07) is 16.7. The van der Waals surface area contributed by atoms with Gasteiger partial charge in [-0.25, -0.2) is 4.39 Å². The number of benzene rings is 3. The fourth-order valence-corrected chi connectivity index (χ4v) is 6.41. The van der Waals surface area contributed by atoms with Crippen molar-refractivity contribution in [2.75, 3.05) is 7.05 Å². The Balaban J connectivity index is 1.48. The normalized spacial score (nSPS) is 19.6. The van der Waals surface area contributed by atoms with Crippen LogP contribution < -0.4 is 5.32 Å². The summed E-state index contributed by atoms with van der Waals surface area (Å²) in [4.78, 5) is 26.3. The Labute approximate surface area is 222 Å². The summed E-state index contributed by atoms with van der Waals surface area (Å²) in [5, 5.41) is 3.45. The number of rotatable bonds is 8. The number of Topliss-reactive ketones (excluding diaryl/α,β-unsaturated/α-hetero) is 1. The van der Waals surface area contributed by atoms with Crippen molar-refractivity contribution in [3.8, 4) is 22.5 Å². The molecule has 38 heavy (non-hydrogen) atoms. The lowest BCUT2D eigenvalue weighted by Crippen LogP contribution is -2.52. The molecule has 4 nitrogen and oxygen atoms in total. The number of hydrogen-bond acceptors (Lipinski definition) is 3. The number of amides is 1. The quantitative estimate of drug-likeness (QED) is 0.246. The SMILES string of the molecule is CCCc1cc2oc(-c3ccc(C)cc3)c(C(=O)NC)c2cc1-c1ccc(F)c(C(=O)CC23CC(C2)C3)c1. The van der Waals surface area contributed by atoms with Crippen molar-refractivity contribution in [2.24, 2.45) is 11.3 Å².